The number of benzene rings is 1. The van der Waals surface area contributed by atoms with E-state index in [0.29, 0.717) is 5.58 Å². The van der Waals surface area contributed by atoms with Gasteiger partial charge in [-0.05, 0) is 36.1 Å². The minimum atomic E-state index is -3.82. The standard InChI is InChI=1S/C14H10O4S2/c1-9-4-5-10-11(7-9)18-8-12(14(10)15)20(16,17)13-3-2-6-19-13/h2-8H,1H3. The Balaban J connectivity index is 2.32. The van der Waals surface area contributed by atoms with Gasteiger partial charge in [-0.3, -0.25) is 4.79 Å². The molecular weight excluding hydrogens is 296 g/mol. The molecule has 0 atom stereocenters. The first-order valence-electron chi connectivity index (χ1n) is 5.81. The Kier molecular flexibility index (Phi) is 2.99. The predicted octanol–water partition coefficient (Wildman–Crippen LogP) is 3.00. The van der Waals surface area contributed by atoms with Crippen molar-refractivity contribution in [2.45, 2.75) is 16.0 Å². The molecule has 0 spiro atoms. The lowest BCUT2D eigenvalue weighted by Crippen LogP contribution is -2.14. The predicted molar refractivity (Wildman–Crippen MR) is 77.0 cm³/mol. The molecule has 0 unspecified atom stereocenters. The summed E-state index contributed by atoms with van der Waals surface area (Å²) in [6.45, 7) is 1.87. The van der Waals surface area contributed by atoms with Crippen LogP contribution in [0, 0.1) is 6.92 Å². The first-order valence-corrected chi connectivity index (χ1v) is 8.17. The van der Waals surface area contributed by atoms with E-state index in [4.69, 9.17) is 4.42 Å². The maximum absolute atomic E-state index is 12.4. The van der Waals surface area contributed by atoms with Crippen LogP contribution in [-0.4, -0.2) is 8.42 Å². The van der Waals surface area contributed by atoms with Crippen molar-refractivity contribution < 1.29 is 12.8 Å². The fourth-order valence-electron chi connectivity index (χ4n) is 1.93. The molecule has 2 heterocycles. The number of fused-ring (bicyclic) bond motifs is 1. The lowest BCUT2D eigenvalue weighted by Gasteiger charge is -2.03. The van der Waals surface area contributed by atoms with Crippen LogP contribution in [0.2, 0.25) is 0 Å². The highest BCUT2D eigenvalue weighted by Gasteiger charge is 2.24. The Morgan fingerprint density at radius 3 is 2.70 bits per heavy atom. The molecule has 102 valence electrons. The van der Waals surface area contributed by atoms with Crippen molar-refractivity contribution in [2.75, 3.05) is 0 Å². The molecule has 6 heteroatoms. The van der Waals surface area contributed by atoms with Crippen molar-refractivity contribution in [1.29, 1.82) is 0 Å². The van der Waals surface area contributed by atoms with E-state index in [1.165, 1.54) is 6.07 Å². The van der Waals surface area contributed by atoms with Gasteiger partial charge in [-0.2, -0.15) is 0 Å². The molecule has 4 nitrogen and oxygen atoms in total. The average molecular weight is 306 g/mol. The van der Waals surface area contributed by atoms with E-state index in [2.05, 4.69) is 0 Å². The van der Waals surface area contributed by atoms with Gasteiger partial charge in [-0.25, -0.2) is 8.42 Å². The molecule has 0 fully saturated rings. The zero-order valence-electron chi connectivity index (χ0n) is 10.5. The molecule has 20 heavy (non-hydrogen) atoms. The second-order valence-electron chi connectivity index (χ2n) is 4.36. The maximum Gasteiger partial charge on any atom is 0.222 e. The molecule has 2 aromatic heterocycles. The van der Waals surface area contributed by atoms with Gasteiger partial charge in [-0.1, -0.05) is 12.1 Å². The smallest absolute Gasteiger partial charge is 0.222 e. The molecular formula is C14H10O4S2. The molecule has 0 saturated carbocycles. The molecule has 0 bridgehead atoms. The van der Waals surface area contributed by atoms with Crippen LogP contribution in [0.25, 0.3) is 11.0 Å². The number of aryl methyl sites for hydroxylation is 1. The van der Waals surface area contributed by atoms with Crippen molar-refractivity contribution in [2.24, 2.45) is 0 Å². The first kappa shape index (κ1) is 13.1. The molecule has 3 rings (SSSR count). The number of sulfone groups is 1. The summed E-state index contributed by atoms with van der Waals surface area (Å²) in [5.74, 6) is 0. The highest BCUT2D eigenvalue weighted by molar-refractivity contribution is 7.93. The Labute approximate surface area is 119 Å². The van der Waals surface area contributed by atoms with Gasteiger partial charge in [0.15, 0.2) is 4.90 Å². The minimum absolute atomic E-state index is 0.135. The lowest BCUT2D eigenvalue weighted by molar-refractivity contribution is 0.567. The topological polar surface area (TPSA) is 64.3 Å². The Morgan fingerprint density at radius 2 is 2.00 bits per heavy atom. The molecule has 0 aliphatic heterocycles. The molecule has 0 aliphatic carbocycles. The van der Waals surface area contributed by atoms with Crippen LogP contribution >= 0.6 is 11.3 Å². The third-order valence-corrected chi connectivity index (χ3v) is 6.08. The van der Waals surface area contributed by atoms with Gasteiger partial charge in [0.2, 0.25) is 15.3 Å². The van der Waals surface area contributed by atoms with Gasteiger partial charge in [0.05, 0.1) is 5.39 Å². The SMILES string of the molecule is Cc1ccc2c(=O)c(S(=O)(=O)c3cccs3)coc2c1. The summed E-state index contributed by atoms with van der Waals surface area (Å²) < 4.78 is 30.2. The Hall–Kier alpha value is -1.92. The van der Waals surface area contributed by atoms with Gasteiger partial charge >= 0.3 is 0 Å². The van der Waals surface area contributed by atoms with Crippen LogP contribution in [0.4, 0.5) is 0 Å². The summed E-state index contributed by atoms with van der Waals surface area (Å²) >= 11 is 1.07. The molecule has 0 amide bonds. The summed E-state index contributed by atoms with van der Waals surface area (Å²) in [5.41, 5.74) is 0.800. The van der Waals surface area contributed by atoms with Gasteiger partial charge in [0.1, 0.15) is 16.1 Å². The lowest BCUT2D eigenvalue weighted by atomic mass is 10.2. The Morgan fingerprint density at radius 1 is 1.20 bits per heavy atom. The molecule has 0 aliphatic rings. The van der Waals surface area contributed by atoms with Crippen LogP contribution in [0.3, 0.4) is 0 Å². The summed E-state index contributed by atoms with van der Waals surface area (Å²) in [7, 11) is -3.82. The molecule has 0 N–H and O–H groups in total. The van der Waals surface area contributed by atoms with Crippen LogP contribution < -0.4 is 5.43 Å². The normalized spacial score (nSPS) is 11.8. The number of rotatable bonds is 2. The fraction of sp³-hybridized carbons (Fsp3) is 0.0714. The van der Waals surface area contributed by atoms with Crippen LogP contribution in [-0.2, 0) is 9.84 Å². The monoisotopic (exact) mass is 306 g/mol. The second-order valence-corrected chi connectivity index (χ2v) is 7.46. The van der Waals surface area contributed by atoms with Gasteiger partial charge < -0.3 is 4.42 Å². The fourth-order valence-corrected chi connectivity index (χ4v) is 4.32. The van der Waals surface area contributed by atoms with E-state index in [-0.39, 0.29) is 14.5 Å². The third kappa shape index (κ3) is 1.97. The van der Waals surface area contributed by atoms with E-state index >= 15 is 0 Å². The van der Waals surface area contributed by atoms with E-state index < -0.39 is 15.3 Å². The van der Waals surface area contributed by atoms with Gasteiger partial charge in [0.25, 0.3) is 0 Å². The molecule has 0 saturated heterocycles. The number of thiophene rings is 1. The summed E-state index contributed by atoms with van der Waals surface area (Å²) in [6.07, 6.45) is 1.03. The zero-order valence-corrected chi connectivity index (χ0v) is 12.1. The molecule has 3 aromatic rings. The van der Waals surface area contributed by atoms with E-state index in [0.717, 1.165) is 23.2 Å². The Bertz CT molecular complexity index is 935. The van der Waals surface area contributed by atoms with Gasteiger partial charge in [-0.15, -0.1) is 11.3 Å². The maximum atomic E-state index is 12.4. The number of hydrogen-bond acceptors (Lipinski definition) is 5. The van der Waals surface area contributed by atoms with Crippen LogP contribution in [0.1, 0.15) is 5.56 Å². The van der Waals surface area contributed by atoms with Crippen molar-refractivity contribution in [3.05, 3.63) is 57.8 Å². The average Bonchev–Trinajstić information content (AvgIpc) is 2.93. The van der Waals surface area contributed by atoms with E-state index in [1.807, 2.05) is 6.92 Å². The molecule has 0 radical (unpaired) electrons. The van der Waals surface area contributed by atoms with E-state index in [9.17, 15) is 13.2 Å². The van der Waals surface area contributed by atoms with Crippen molar-refractivity contribution >= 4 is 32.1 Å². The van der Waals surface area contributed by atoms with Crippen LogP contribution in [0.15, 0.2) is 60.3 Å². The summed E-state index contributed by atoms with van der Waals surface area (Å²) in [4.78, 5) is 12.0. The van der Waals surface area contributed by atoms with Crippen LogP contribution in [0.5, 0.6) is 0 Å². The highest BCUT2D eigenvalue weighted by atomic mass is 32.2. The largest absolute Gasteiger partial charge is 0.463 e. The first-order chi connectivity index (χ1) is 9.50. The second kappa shape index (κ2) is 4.57. The van der Waals surface area contributed by atoms with Crippen molar-refractivity contribution in [1.82, 2.24) is 0 Å². The summed E-state index contributed by atoms with van der Waals surface area (Å²) in [6, 6.07) is 8.14. The van der Waals surface area contributed by atoms with Gasteiger partial charge in [0, 0.05) is 0 Å². The summed E-state index contributed by atoms with van der Waals surface area (Å²) in [5, 5.41) is 1.92. The molecule has 1 aromatic carbocycles. The third-order valence-electron chi connectivity index (χ3n) is 2.95. The minimum Gasteiger partial charge on any atom is -0.463 e. The quantitative estimate of drug-likeness (QED) is 0.730. The van der Waals surface area contributed by atoms with Crippen molar-refractivity contribution in [3.8, 4) is 0 Å². The highest BCUT2D eigenvalue weighted by Crippen LogP contribution is 2.24. The van der Waals surface area contributed by atoms with Crippen molar-refractivity contribution in [3.63, 3.8) is 0 Å². The zero-order chi connectivity index (χ0) is 14.3. The van der Waals surface area contributed by atoms with E-state index in [1.54, 1.807) is 29.6 Å². The number of hydrogen-bond donors (Lipinski definition) is 0.